The second-order valence-electron chi connectivity index (χ2n) is 7.28. The summed E-state index contributed by atoms with van der Waals surface area (Å²) in [5.74, 6) is 0.197. The fourth-order valence-electron chi connectivity index (χ4n) is 3.49. The van der Waals surface area contributed by atoms with E-state index in [1.165, 1.54) is 6.26 Å². The van der Waals surface area contributed by atoms with Crippen molar-refractivity contribution in [2.45, 2.75) is 25.2 Å². The molecule has 7 nitrogen and oxygen atoms in total. The number of morpholine rings is 1. The normalized spacial score (nSPS) is 21.4. The van der Waals surface area contributed by atoms with Gasteiger partial charge < -0.3 is 24.1 Å². The van der Waals surface area contributed by atoms with Crippen molar-refractivity contribution in [3.63, 3.8) is 0 Å². The van der Waals surface area contributed by atoms with Crippen LogP contribution in [0.2, 0.25) is 0 Å². The molecule has 0 spiro atoms. The first kappa shape index (κ1) is 20.3. The maximum atomic E-state index is 10.8. The Morgan fingerprint density at radius 3 is 2.70 bits per heavy atom. The van der Waals surface area contributed by atoms with Crippen molar-refractivity contribution >= 4 is 5.97 Å². The first-order chi connectivity index (χ1) is 14.7. The number of rotatable bonds is 8. The highest BCUT2D eigenvalue weighted by Crippen LogP contribution is 2.27. The molecule has 0 aliphatic carbocycles. The Kier molecular flexibility index (Phi) is 6.51. The van der Waals surface area contributed by atoms with Crippen molar-refractivity contribution < 1.29 is 28.8 Å². The highest BCUT2D eigenvalue weighted by molar-refractivity contribution is 5.66. The molecule has 0 saturated carbocycles. The number of ether oxygens (including phenoxy) is 4. The van der Waals surface area contributed by atoms with Gasteiger partial charge in [0.2, 0.25) is 6.29 Å². The third kappa shape index (κ3) is 5.52. The fourth-order valence-corrected chi connectivity index (χ4v) is 3.49. The van der Waals surface area contributed by atoms with Crippen LogP contribution in [0.4, 0.5) is 0 Å². The topological polar surface area (TPSA) is 77.5 Å². The molecule has 0 aromatic heterocycles. The van der Waals surface area contributed by atoms with Crippen molar-refractivity contribution in [1.82, 2.24) is 4.90 Å². The molecular weight excluding hydrogens is 386 g/mol. The third-order valence-corrected chi connectivity index (χ3v) is 5.07. The number of carbonyl (C=O) groups is 1. The predicted molar refractivity (Wildman–Crippen MR) is 109 cm³/mol. The van der Waals surface area contributed by atoms with Gasteiger partial charge in [-0.2, -0.15) is 0 Å². The standard InChI is InChI=1S/C23H25NO6/c25-21(26)10-11-24-12-13-27-20(15-24)18-6-8-19(9-7-18)29-23-16-28-22(30-23)14-17-4-2-1-3-5-17/h1-9,16,20,22H,10-15H2,(H,25,26). The van der Waals surface area contributed by atoms with Gasteiger partial charge in [-0.25, -0.2) is 0 Å². The molecule has 2 heterocycles. The molecule has 30 heavy (non-hydrogen) atoms. The molecule has 2 aromatic rings. The van der Waals surface area contributed by atoms with Gasteiger partial charge in [-0.3, -0.25) is 9.69 Å². The number of hydrogen-bond acceptors (Lipinski definition) is 6. The highest BCUT2D eigenvalue weighted by Gasteiger charge is 2.24. The van der Waals surface area contributed by atoms with Crippen molar-refractivity contribution in [3.8, 4) is 5.75 Å². The summed E-state index contributed by atoms with van der Waals surface area (Å²) in [7, 11) is 0. The lowest BCUT2D eigenvalue weighted by atomic mass is 10.1. The molecule has 2 atom stereocenters. The average molecular weight is 411 g/mol. The second-order valence-corrected chi connectivity index (χ2v) is 7.28. The van der Waals surface area contributed by atoms with Gasteiger partial charge in [-0.1, -0.05) is 42.5 Å². The highest BCUT2D eigenvalue weighted by atomic mass is 16.8. The number of aliphatic carboxylic acids is 1. The van der Waals surface area contributed by atoms with Crippen LogP contribution >= 0.6 is 0 Å². The van der Waals surface area contributed by atoms with E-state index in [0.717, 1.165) is 17.7 Å². The Balaban J connectivity index is 1.27. The fraction of sp³-hybridized carbons (Fsp3) is 0.348. The summed E-state index contributed by atoms with van der Waals surface area (Å²) in [6.45, 7) is 2.55. The van der Waals surface area contributed by atoms with E-state index in [9.17, 15) is 4.79 Å². The van der Waals surface area contributed by atoms with E-state index in [-0.39, 0.29) is 12.5 Å². The van der Waals surface area contributed by atoms with Crippen LogP contribution in [0.5, 0.6) is 5.75 Å². The number of benzene rings is 2. The van der Waals surface area contributed by atoms with Gasteiger partial charge in [0.05, 0.1) is 19.1 Å². The van der Waals surface area contributed by atoms with Gasteiger partial charge in [0.1, 0.15) is 5.75 Å². The summed E-state index contributed by atoms with van der Waals surface area (Å²) in [5, 5.41) is 8.87. The van der Waals surface area contributed by atoms with Gasteiger partial charge >= 0.3 is 11.9 Å². The molecule has 2 unspecified atom stereocenters. The molecule has 0 bridgehead atoms. The number of carboxylic acids is 1. The van der Waals surface area contributed by atoms with Gasteiger partial charge in [-0.15, -0.1) is 0 Å². The Morgan fingerprint density at radius 2 is 1.93 bits per heavy atom. The predicted octanol–water partition coefficient (Wildman–Crippen LogP) is 3.33. The smallest absolute Gasteiger partial charge is 0.324 e. The summed E-state index contributed by atoms with van der Waals surface area (Å²) in [4.78, 5) is 12.9. The zero-order chi connectivity index (χ0) is 20.8. The summed E-state index contributed by atoms with van der Waals surface area (Å²) in [6.07, 6.45) is 1.80. The molecule has 1 saturated heterocycles. The van der Waals surface area contributed by atoms with Gasteiger partial charge in [0.25, 0.3) is 0 Å². The lowest BCUT2D eigenvalue weighted by Gasteiger charge is -2.32. The molecule has 0 amide bonds. The Bertz CT molecular complexity index is 867. The van der Waals surface area contributed by atoms with E-state index < -0.39 is 12.3 Å². The van der Waals surface area contributed by atoms with Gasteiger partial charge in [-0.05, 0) is 23.3 Å². The van der Waals surface area contributed by atoms with E-state index in [1.54, 1.807) is 0 Å². The van der Waals surface area contributed by atoms with Crippen LogP contribution in [0.15, 0.2) is 66.8 Å². The molecule has 2 aromatic carbocycles. The number of nitrogens with zero attached hydrogens (tertiary/aromatic N) is 1. The third-order valence-electron chi connectivity index (χ3n) is 5.07. The Morgan fingerprint density at radius 1 is 1.13 bits per heavy atom. The monoisotopic (exact) mass is 411 g/mol. The average Bonchev–Trinajstić information content (AvgIpc) is 3.20. The Labute approximate surface area is 175 Å². The maximum absolute atomic E-state index is 10.8. The first-order valence-corrected chi connectivity index (χ1v) is 10.1. The van der Waals surface area contributed by atoms with Crippen LogP contribution in [-0.2, 0) is 25.4 Å². The van der Waals surface area contributed by atoms with E-state index in [1.807, 2.05) is 54.6 Å². The minimum atomic E-state index is -0.780. The van der Waals surface area contributed by atoms with Crippen LogP contribution < -0.4 is 4.74 Å². The molecule has 2 aliphatic rings. The van der Waals surface area contributed by atoms with Crippen LogP contribution in [0.25, 0.3) is 0 Å². The number of carboxylic acid groups (broad SMARTS) is 1. The summed E-state index contributed by atoms with van der Waals surface area (Å²) in [5.41, 5.74) is 2.16. The second kappa shape index (κ2) is 9.65. The van der Waals surface area contributed by atoms with Crippen molar-refractivity contribution in [2.24, 2.45) is 0 Å². The molecule has 1 N–H and O–H groups in total. The van der Waals surface area contributed by atoms with Crippen LogP contribution in [0, 0.1) is 0 Å². The molecule has 7 heteroatoms. The van der Waals surface area contributed by atoms with Crippen LogP contribution in [0.1, 0.15) is 23.7 Å². The molecule has 158 valence electrons. The SMILES string of the molecule is O=C(O)CCN1CCOC(c2ccc(OC3=COC(Cc4ccccc4)O3)cc2)C1. The lowest BCUT2D eigenvalue weighted by molar-refractivity contribution is -0.137. The lowest BCUT2D eigenvalue weighted by Crippen LogP contribution is -2.39. The summed E-state index contributed by atoms with van der Waals surface area (Å²) >= 11 is 0. The summed E-state index contributed by atoms with van der Waals surface area (Å²) < 4.78 is 22.9. The molecule has 1 fully saturated rings. The van der Waals surface area contributed by atoms with E-state index in [2.05, 4.69) is 4.90 Å². The van der Waals surface area contributed by atoms with Crippen LogP contribution in [0.3, 0.4) is 0 Å². The maximum Gasteiger partial charge on any atom is 0.324 e. The summed E-state index contributed by atoms with van der Waals surface area (Å²) in [6, 6.07) is 17.6. The molecule has 2 aliphatic heterocycles. The Hall–Kier alpha value is -3.03. The van der Waals surface area contributed by atoms with E-state index >= 15 is 0 Å². The zero-order valence-corrected chi connectivity index (χ0v) is 16.6. The van der Waals surface area contributed by atoms with Crippen molar-refractivity contribution in [3.05, 3.63) is 77.9 Å². The van der Waals surface area contributed by atoms with E-state index in [0.29, 0.717) is 37.8 Å². The quantitative estimate of drug-likeness (QED) is 0.714. The minimum absolute atomic E-state index is 0.0814. The first-order valence-electron chi connectivity index (χ1n) is 10.1. The van der Waals surface area contributed by atoms with Crippen LogP contribution in [-0.4, -0.2) is 48.5 Å². The van der Waals surface area contributed by atoms with E-state index in [4.69, 9.17) is 24.1 Å². The molecular formula is C23H25NO6. The molecule has 0 radical (unpaired) electrons. The molecule has 4 rings (SSSR count). The largest absolute Gasteiger partial charge is 0.481 e. The minimum Gasteiger partial charge on any atom is -0.481 e. The van der Waals surface area contributed by atoms with Gasteiger partial charge in [0.15, 0.2) is 6.26 Å². The van der Waals surface area contributed by atoms with Crippen molar-refractivity contribution in [1.29, 1.82) is 0 Å². The van der Waals surface area contributed by atoms with Gasteiger partial charge in [0, 0.05) is 26.1 Å². The number of hydrogen-bond donors (Lipinski definition) is 1. The zero-order valence-electron chi connectivity index (χ0n) is 16.6. The van der Waals surface area contributed by atoms with Crippen molar-refractivity contribution in [2.75, 3.05) is 26.2 Å².